The van der Waals surface area contributed by atoms with E-state index in [4.69, 9.17) is 14.2 Å². The van der Waals surface area contributed by atoms with Crippen LogP contribution >= 0.6 is 0 Å². The molecule has 0 aromatic rings. The standard InChI is InChI=1S/C55H102O6/c1-4-7-10-13-16-19-22-24-26-27-29-30-33-36-39-42-45-48-54(57)60-51-52(50-59-53(56)47-44-41-38-35-32-21-18-15-12-9-6-3)61-55(58)49-46-43-40-37-34-31-28-25-23-20-17-14-11-8-5-2/h15,18,25,28,52H,4-14,16-17,19-24,26-27,29-51H2,1-3H3/b18-15-,28-25-/t52-/m1/s1. The highest BCUT2D eigenvalue weighted by Gasteiger charge is 2.19. The van der Waals surface area contributed by atoms with Gasteiger partial charge in [-0.15, -0.1) is 0 Å². The van der Waals surface area contributed by atoms with Crippen LogP contribution in [0.25, 0.3) is 0 Å². The van der Waals surface area contributed by atoms with Crippen LogP contribution < -0.4 is 0 Å². The second-order valence-corrected chi connectivity index (χ2v) is 18.1. The monoisotopic (exact) mass is 859 g/mol. The molecular weight excluding hydrogens is 757 g/mol. The Morgan fingerprint density at radius 1 is 0.311 bits per heavy atom. The maximum absolute atomic E-state index is 12.8. The lowest BCUT2D eigenvalue weighted by Gasteiger charge is -2.18. The van der Waals surface area contributed by atoms with Crippen molar-refractivity contribution >= 4 is 17.9 Å². The van der Waals surface area contributed by atoms with Crippen molar-refractivity contribution < 1.29 is 28.6 Å². The Kier molecular flexibility index (Phi) is 48.8. The van der Waals surface area contributed by atoms with Crippen LogP contribution in [0.4, 0.5) is 0 Å². The molecule has 1 atom stereocenters. The van der Waals surface area contributed by atoms with Crippen molar-refractivity contribution in [3.05, 3.63) is 24.3 Å². The van der Waals surface area contributed by atoms with Crippen molar-refractivity contribution in [3.8, 4) is 0 Å². The Morgan fingerprint density at radius 3 is 0.869 bits per heavy atom. The molecule has 0 aliphatic rings. The van der Waals surface area contributed by atoms with E-state index in [1.165, 1.54) is 180 Å². The van der Waals surface area contributed by atoms with E-state index in [1.54, 1.807) is 0 Å². The van der Waals surface area contributed by atoms with Crippen LogP contribution in [0.3, 0.4) is 0 Å². The lowest BCUT2D eigenvalue weighted by atomic mass is 10.0. The largest absolute Gasteiger partial charge is 0.462 e. The molecule has 6 heteroatoms. The Bertz CT molecular complexity index is 989. The van der Waals surface area contributed by atoms with Crippen LogP contribution in [0.15, 0.2) is 24.3 Å². The molecule has 0 aliphatic heterocycles. The zero-order valence-electron chi connectivity index (χ0n) is 40.9. The SMILES string of the molecule is CCCC/C=C\CCCCCCCC(=O)OC[C@H](COC(=O)CCCCCCCCCCCCCCCCCCC)OC(=O)CCCCCCC/C=C\CCCCCCCC. The average molecular weight is 859 g/mol. The van der Waals surface area contributed by atoms with Gasteiger partial charge in [-0.25, -0.2) is 0 Å². The number of allylic oxidation sites excluding steroid dienone is 4. The predicted molar refractivity (Wildman–Crippen MR) is 261 cm³/mol. The number of ether oxygens (including phenoxy) is 3. The first-order valence-electron chi connectivity index (χ1n) is 26.8. The van der Waals surface area contributed by atoms with Gasteiger partial charge in [0, 0.05) is 19.3 Å². The molecule has 0 bridgehead atoms. The second-order valence-electron chi connectivity index (χ2n) is 18.1. The summed E-state index contributed by atoms with van der Waals surface area (Å²) in [6.07, 6.45) is 57.3. The van der Waals surface area contributed by atoms with Crippen molar-refractivity contribution in [1.82, 2.24) is 0 Å². The van der Waals surface area contributed by atoms with Gasteiger partial charge in [-0.2, -0.15) is 0 Å². The highest BCUT2D eigenvalue weighted by Crippen LogP contribution is 2.16. The minimum absolute atomic E-state index is 0.0733. The minimum Gasteiger partial charge on any atom is -0.462 e. The summed E-state index contributed by atoms with van der Waals surface area (Å²) in [7, 11) is 0. The molecule has 0 amide bonds. The van der Waals surface area contributed by atoms with Gasteiger partial charge in [0.05, 0.1) is 0 Å². The molecule has 0 heterocycles. The van der Waals surface area contributed by atoms with Crippen molar-refractivity contribution in [1.29, 1.82) is 0 Å². The number of unbranched alkanes of at least 4 members (excludes halogenated alkanes) is 34. The van der Waals surface area contributed by atoms with Crippen LogP contribution in [-0.4, -0.2) is 37.2 Å². The summed E-state index contributed by atoms with van der Waals surface area (Å²) in [5, 5.41) is 0. The molecule has 358 valence electrons. The fourth-order valence-corrected chi connectivity index (χ4v) is 7.83. The summed E-state index contributed by atoms with van der Waals surface area (Å²) < 4.78 is 16.8. The molecule has 0 radical (unpaired) electrons. The molecule has 0 aliphatic carbocycles. The molecular formula is C55H102O6. The van der Waals surface area contributed by atoms with Gasteiger partial charge in [0.15, 0.2) is 6.10 Å². The molecule has 0 rings (SSSR count). The molecule has 0 saturated carbocycles. The molecule has 0 fully saturated rings. The Morgan fingerprint density at radius 2 is 0.557 bits per heavy atom. The maximum Gasteiger partial charge on any atom is 0.306 e. The van der Waals surface area contributed by atoms with Crippen molar-refractivity contribution in [2.24, 2.45) is 0 Å². The highest BCUT2D eigenvalue weighted by molar-refractivity contribution is 5.71. The molecule has 0 unspecified atom stereocenters. The van der Waals surface area contributed by atoms with E-state index < -0.39 is 6.10 Å². The highest BCUT2D eigenvalue weighted by atomic mass is 16.6. The van der Waals surface area contributed by atoms with E-state index in [2.05, 4.69) is 45.1 Å². The third kappa shape index (κ3) is 48.8. The zero-order valence-corrected chi connectivity index (χ0v) is 40.9. The van der Waals surface area contributed by atoms with E-state index in [0.717, 1.165) is 70.6 Å². The van der Waals surface area contributed by atoms with Gasteiger partial charge in [-0.05, 0) is 64.2 Å². The number of carbonyl (C=O) groups is 3. The quantitative estimate of drug-likeness (QED) is 0.0262. The number of hydrogen-bond donors (Lipinski definition) is 0. The molecule has 61 heavy (non-hydrogen) atoms. The number of esters is 3. The normalized spacial score (nSPS) is 12.1. The van der Waals surface area contributed by atoms with Crippen molar-refractivity contribution in [3.63, 3.8) is 0 Å². The summed E-state index contributed by atoms with van der Waals surface area (Å²) in [4.78, 5) is 38.0. The molecule has 0 spiro atoms. The minimum atomic E-state index is -0.774. The van der Waals surface area contributed by atoms with Gasteiger partial charge < -0.3 is 14.2 Å². The number of hydrogen-bond acceptors (Lipinski definition) is 6. The first-order valence-corrected chi connectivity index (χ1v) is 26.8. The maximum atomic E-state index is 12.8. The molecule has 0 aromatic carbocycles. The first-order chi connectivity index (χ1) is 30.0. The third-order valence-corrected chi connectivity index (χ3v) is 11.9. The summed E-state index contributed by atoms with van der Waals surface area (Å²) in [5.41, 5.74) is 0. The van der Waals surface area contributed by atoms with Crippen LogP contribution in [0.5, 0.6) is 0 Å². The fraction of sp³-hybridized carbons (Fsp3) is 0.873. The zero-order chi connectivity index (χ0) is 44.4. The van der Waals surface area contributed by atoms with Gasteiger partial charge in [0.2, 0.25) is 0 Å². The van der Waals surface area contributed by atoms with E-state index >= 15 is 0 Å². The summed E-state index contributed by atoms with van der Waals surface area (Å²) >= 11 is 0. The Labute approximate surface area is 379 Å². The molecule has 0 N–H and O–H groups in total. The average Bonchev–Trinajstić information content (AvgIpc) is 3.26. The Hall–Kier alpha value is -2.11. The van der Waals surface area contributed by atoms with Gasteiger partial charge in [0.25, 0.3) is 0 Å². The van der Waals surface area contributed by atoms with E-state index in [1.807, 2.05) is 0 Å². The van der Waals surface area contributed by atoms with Gasteiger partial charge in [-0.1, -0.05) is 231 Å². The van der Waals surface area contributed by atoms with Gasteiger partial charge in [0.1, 0.15) is 13.2 Å². The van der Waals surface area contributed by atoms with Gasteiger partial charge >= 0.3 is 17.9 Å². The van der Waals surface area contributed by atoms with Crippen molar-refractivity contribution in [2.75, 3.05) is 13.2 Å². The molecule has 0 aromatic heterocycles. The van der Waals surface area contributed by atoms with Gasteiger partial charge in [-0.3, -0.25) is 14.4 Å². The van der Waals surface area contributed by atoms with E-state index in [-0.39, 0.29) is 31.1 Å². The van der Waals surface area contributed by atoms with Crippen LogP contribution in [-0.2, 0) is 28.6 Å². The smallest absolute Gasteiger partial charge is 0.306 e. The summed E-state index contributed by atoms with van der Waals surface area (Å²) in [5.74, 6) is -0.878. The van der Waals surface area contributed by atoms with Crippen LogP contribution in [0.1, 0.15) is 290 Å². The third-order valence-electron chi connectivity index (χ3n) is 11.9. The summed E-state index contributed by atoms with van der Waals surface area (Å²) in [6, 6.07) is 0. The molecule has 6 nitrogen and oxygen atoms in total. The fourth-order valence-electron chi connectivity index (χ4n) is 7.83. The van der Waals surface area contributed by atoms with E-state index in [0.29, 0.717) is 19.3 Å². The molecule has 0 saturated heterocycles. The topological polar surface area (TPSA) is 78.9 Å². The number of carbonyl (C=O) groups excluding carboxylic acids is 3. The lowest BCUT2D eigenvalue weighted by Crippen LogP contribution is -2.30. The number of rotatable bonds is 49. The summed E-state index contributed by atoms with van der Waals surface area (Å²) in [6.45, 7) is 6.61. The second kappa shape index (κ2) is 50.5. The van der Waals surface area contributed by atoms with Crippen LogP contribution in [0, 0.1) is 0 Å². The first kappa shape index (κ1) is 58.9. The predicted octanol–water partition coefficient (Wildman–Crippen LogP) is 17.5. The lowest BCUT2D eigenvalue weighted by molar-refractivity contribution is -0.167. The van der Waals surface area contributed by atoms with Crippen molar-refractivity contribution in [2.45, 2.75) is 297 Å². The Balaban J connectivity index is 4.32. The van der Waals surface area contributed by atoms with E-state index in [9.17, 15) is 14.4 Å². The van der Waals surface area contributed by atoms with Crippen LogP contribution in [0.2, 0.25) is 0 Å².